The number of rotatable bonds is 4. The zero-order valence-corrected chi connectivity index (χ0v) is 8.88. The van der Waals surface area contributed by atoms with Gasteiger partial charge in [-0.3, -0.25) is 9.36 Å². The highest BCUT2D eigenvalue weighted by molar-refractivity contribution is 7.60. The molecule has 1 aliphatic heterocycles. The van der Waals surface area contributed by atoms with Crippen LogP contribution in [-0.4, -0.2) is 31.5 Å². The summed E-state index contributed by atoms with van der Waals surface area (Å²) in [6, 6.07) is 0. The van der Waals surface area contributed by atoms with Crippen LogP contribution in [0.3, 0.4) is 0 Å². The van der Waals surface area contributed by atoms with Gasteiger partial charge in [0.05, 0.1) is 19.1 Å². The molecule has 0 atom stereocenters. The lowest BCUT2D eigenvalue weighted by atomic mass is 10.2. The van der Waals surface area contributed by atoms with E-state index < -0.39 is 7.37 Å². The minimum absolute atomic E-state index is 0.197. The molecule has 0 radical (unpaired) electrons. The highest BCUT2D eigenvalue weighted by atomic mass is 31.2. The third-order valence-corrected chi connectivity index (χ3v) is 4.70. The first kappa shape index (κ1) is 10.7. The summed E-state index contributed by atoms with van der Waals surface area (Å²) in [6.45, 7) is 4.40. The Balaban J connectivity index is 2.32. The molecule has 0 aromatic rings. The van der Waals surface area contributed by atoms with Gasteiger partial charge >= 0.3 is 5.97 Å². The van der Waals surface area contributed by atoms with Gasteiger partial charge in [-0.05, 0) is 13.8 Å². The highest BCUT2D eigenvalue weighted by Crippen LogP contribution is 2.58. The maximum Gasteiger partial charge on any atom is 0.310 e. The SMILES string of the molecule is CCOC(=O)C1CP(=O)(OCC)C1. The number of hydrogen-bond donors (Lipinski definition) is 0. The van der Waals surface area contributed by atoms with Gasteiger partial charge in [0.15, 0.2) is 0 Å². The van der Waals surface area contributed by atoms with Gasteiger partial charge in [0.25, 0.3) is 0 Å². The van der Waals surface area contributed by atoms with Crippen LogP contribution in [0, 0.1) is 5.92 Å². The van der Waals surface area contributed by atoms with E-state index in [-0.39, 0.29) is 11.9 Å². The van der Waals surface area contributed by atoms with Crippen LogP contribution in [0.1, 0.15) is 13.8 Å². The molecule has 13 heavy (non-hydrogen) atoms. The van der Waals surface area contributed by atoms with Crippen LogP contribution in [-0.2, 0) is 18.6 Å². The Morgan fingerprint density at radius 1 is 1.38 bits per heavy atom. The van der Waals surface area contributed by atoms with E-state index in [0.29, 0.717) is 25.5 Å². The largest absolute Gasteiger partial charge is 0.466 e. The zero-order valence-electron chi connectivity index (χ0n) is 7.99. The van der Waals surface area contributed by atoms with Gasteiger partial charge in [-0.2, -0.15) is 0 Å². The lowest BCUT2D eigenvalue weighted by Gasteiger charge is -2.32. The van der Waals surface area contributed by atoms with Crippen molar-refractivity contribution in [1.82, 2.24) is 0 Å². The van der Waals surface area contributed by atoms with Gasteiger partial charge in [-0.1, -0.05) is 0 Å². The zero-order chi connectivity index (χ0) is 9.90. The first-order valence-electron chi connectivity index (χ1n) is 4.50. The Morgan fingerprint density at radius 2 is 2.00 bits per heavy atom. The van der Waals surface area contributed by atoms with Crippen LogP contribution in [0.2, 0.25) is 0 Å². The Labute approximate surface area is 78.1 Å². The van der Waals surface area contributed by atoms with Gasteiger partial charge < -0.3 is 9.26 Å². The van der Waals surface area contributed by atoms with E-state index in [1.54, 1.807) is 13.8 Å². The molecule has 76 valence electrons. The van der Waals surface area contributed by atoms with E-state index in [2.05, 4.69) is 0 Å². The summed E-state index contributed by atoms with van der Waals surface area (Å²) in [6.07, 6.45) is 0.722. The first-order chi connectivity index (χ1) is 6.11. The van der Waals surface area contributed by atoms with Crippen molar-refractivity contribution in [2.24, 2.45) is 5.92 Å². The van der Waals surface area contributed by atoms with Crippen molar-refractivity contribution in [3.05, 3.63) is 0 Å². The van der Waals surface area contributed by atoms with Crippen molar-refractivity contribution in [3.8, 4) is 0 Å². The maximum atomic E-state index is 11.6. The minimum Gasteiger partial charge on any atom is -0.466 e. The smallest absolute Gasteiger partial charge is 0.310 e. The second-order valence-electron chi connectivity index (χ2n) is 3.05. The van der Waals surface area contributed by atoms with Crippen LogP contribution < -0.4 is 0 Å². The van der Waals surface area contributed by atoms with Crippen LogP contribution in [0.15, 0.2) is 0 Å². The van der Waals surface area contributed by atoms with Crippen molar-refractivity contribution in [1.29, 1.82) is 0 Å². The second-order valence-corrected chi connectivity index (χ2v) is 5.66. The molecule has 1 saturated heterocycles. The lowest BCUT2D eigenvalue weighted by molar-refractivity contribution is -0.147. The Hall–Kier alpha value is -0.340. The molecule has 0 bridgehead atoms. The third kappa shape index (κ3) is 2.55. The number of hydrogen-bond acceptors (Lipinski definition) is 4. The normalized spacial score (nSPS) is 32.3. The molecule has 5 heteroatoms. The second kappa shape index (κ2) is 4.25. The monoisotopic (exact) mass is 206 g/mol. The van der Waals surface area contributed by atoms with Crippen molar-refractivity contribution in [3.63, 3.8) is 0 Å². The molecule has 1 fully saturated rings. The standard InChI is InChI=1S/C8H15O4P/c1-3-11-8(9)7-5-13(10,6-7)12-4-2/h7H,3-6H2,1-2H3. The predicted octanol–water partition coefficient (Wildman–Crippen LogP) is 1.49. The number of esters is 1. The molecule has 0 unspecified atom stereocenters. The van der Waals surface area contributed by atoms with E-state index in [4.69, 9.17) is 9.26 Å². The molecule has 0 aliphatic carbocycles. The van der Waals surface area contributed by atoms with Crippen LogP contribution in [0.4, 0.5) is 0 Å². The Kier molecular flexibility index (Phi) is 3.51. The summed E-state index contributed by atoms with van der Waals surface area (Å²) in [7, 11) is -2.43. The predicted molar refractivity (Wildman–Crippen MR) is 49.1 cm³/mol. The van der Waals surface area contributed by atoms with Crippen LogP contribution in [0.5, 0.6) is 0 Å². The number of carbonyl (C=O) groups excluding carboxylic acids is 1. The van der Waals surface area contributed by atoms with Crippen LogP contribution >= 0.6 is 7.37 Å². The van der Waals surface area contributed by atoms with Crippen molar-refractivity contribution in [2.75, 3.05) is 25.5 Å². The van der Waals surface area contributed by atoms with Gasteiger partial charge in [0.1, 0.15) is 0 Å². The third-order valence-electron chi connectivity index (χ3n) is 1.98. The summed E-state index contributed by atoms with van der Waals surface area (Å²) in [5.74, 6) is -0.439. The summed E-state index contributed by atoms with van der Waals surface area (Å²) in [5, 5.41) is 0. The van der Waals surface area contributed by atoms with Crippen LogP contribution in [0.25, 0.3) is 0 Å². The van der Waals surface area contributed by atoms with E-state index in [9.17, 15) is 9.36 Å². The molecule has 0 aromatic carbocycles. The Bertz CT molecular complexity index is 228. The van der Waals surface area contributed by atoms with Crippen molar-refractivity contribution in [2.45, 2.75) is 13.8 Å². The quantitative estimate of drug-likeness (QED) is 0.516. The van der Waals surface area contributed by atoms with Gasteiger partial charge in [0.2, 0.25) is 7.37 Å². The number of carbonyl (C=O) groups is 1. The van der Waals surface area contributed by atoms with Gasteiger partial charge in [-0.25, -0.2) is 0 Å². The summed E-state index contributed by atoms with van der Waals surface area (Å²) < 4.78 is 21.4. The lowest BCUT2D eigenvalue weighted by Crippen LogP contribution is -2.34. The highest BCUT2D eigenvalue weighted by Gasteiger charge is 2.45. The Morgan fingerprint density at radius 3 is 2.46 bits per heavy atom. The summed E-state index contributed by atoms with van der Waals surface area (Å²) >= 11 is 0. The minimum atomic E-state index is -2.43. The molecule has 0 saturated carbocycles. The number of ether oxygens (including phenoxy) is 1. The summed E-state index contributed by atoms with van der Waals surface area (Å²) in [5.41, 5.74) is 0. The average molecular weight is 206 g/mol. The molecular weight excluding hydrogens is 191 g/mol. The molecule has 0 aromatic heterocycles. The molecular formula is C8H15O4P. The fraction of sp³-hybridized carbons (Fsp3) is 0.875. The summed E-state index contributed by atoms with van der Waals surface area (Å²) in [4.78, 5) is 11.1. The van der Waals surface area contributed by atoms with Gasteiger partial charge in [-0.15, -0.1) is 0 Å². The van der Waals surface area contributed by atoms with E-state index in [1.165, 1.54) is 0 Å². The maximum absolute atomic E-state index is 11.6. The van der Waals surface area contributed by atoms with Gasteiger partial charge in [0, 0.05) is 12.3 Å². The van der Waals surface area contributed by atoms with E-state index in [1.807, 2.05) is 0 Å². The topological polar surface area (TPSA) is 52.6 Å². The molecule has 4 nitrogen and oxygen atoms in total. The molecule has 1 heterocycles. The fourth-order valence-corrected chi connectivity index (χ4v) is 3.58. The van der Waals surface area contributed by atoms with Crippen molar-refractivity contribution >= 4 is 13.3 Å². The van der Waals surface area contributed by atoms with E-state index in [0.717, 1.165) is 0 Å². The molecule has 0 amide bonds. The average Bonchev–Trinajstić information content (AvgIpc) is 2.01. The fourth-order valence-electron chi connectivity index (χ4n) is 1.37. The molecule has 1 rings (SSSR count). The molecule has 0 N–H and O–H groups in total. The molecule has 0 spiro atoms. The first-order valence-corrected chi connectivity index (χ1v) is 6.50. The van der Waals surface area contributed by atoms with Crippen molar-refractivity contribution < 1.29 is 18.6 Å². The molecule has 1 aliphatic rings. The van der Waals surface area contributed by atoms with E-state index >= 15 is 0 Å².